The van der Waals surface area contributed by atoms with Gasteiger partial charge in [0.05, 0.1) is 17.7 Å². The molecule has 96 valence electrons. The molecule has 0 aliphatic carbocycles. The molecule has 0 aliphatic rings. The Morgan fingerprint density at radius 2 is 1.88 bits per heavy atom. The van der Waals surface area contributed by atoms with Crippen molar-refractivity contribution < 1.29 is 18.3 Å². The molecule has 0 saturated heterocycles. The average molecular weight is 312 g/mol. The van der Waals surface area contributed by atoms with Crippen LogP contribution in [0.25, 0.3) is 0 Å². The number of nitrogens with one attached hydrogen (secondary N) is 1. The van der Waals surface area contributed by atoms with E-state index in [1.807, 2.05) is 0 Å². The van der Waals surface area contributed by atoms with Crippen LogP contribution in [0.15, 0.2) is 22.7 Å². The lowest BCUT2D eigenvalue weighted by atomic mass is 10.0. The molecular formula is C11H13BrF3NO. The second-order valence-corrected chi connectivity index (χ2v) is 5.27. The zero-order valence-corrected chi connectivity index (χ0v) is 11.0. The number of alkyl halides is 3. The number of anilines is 1. The fraction of sp³-hybridized carbons (Fsp3) is 0.455. The first-order chi connectivity index (χ1) is 7.65. The molecule has 1 aromatic carbocycles. The van der Waals surface area contributed by atoms with Crippen LogP contribution in [0.4, 0.5) is 18.9 Å². The van der Waals surface area contributed by atoms with Crippen LogP contribution >= 0.6 is 15.9 Å². The first-order valence-electron chi connectivity index (χ1n) is 4.91. The van der Waals surface area contributed by atoms with Gasteiger partial charge in [0.1, 0.15) is 0 Å². The molecular weight excluding hydrogens is 299 g/mol. The summed E-state index contributed by atoms with van der Waals surface area (Å²) < 4.78 is 38.7. The highest BCUT2D eigenvalue weighted by atomic mass is 79.9. The molecule has 1 rings (SSSR count). The molecule has 0 aliphatic heterocycles. The van der Waals surface area contributed by atoms with Gasteiger partial charge in [0.15, 0.2) is 0 Å². The van der Waals surface area contributed by atoms with Gasteiger partial charge in [-0.2, -0.15) is 13.2 Å². The van der Waals surface area contributed by atoms with Crippen LogP contribution in [0.3, 0.4) is 0 Å². The van der Waals surface area contributed by atoms with Crippen molar-refractivity contribution in [3.8, 4) is 0 Å². The van der Waals surface area contributed by atoms with Crippen LogP contribution in [0, 0.1) is 0 Å². The lowest BCUT2D eigenvalue weighted by molar-refractivity contribution is -0.137. The molecule has 0 bridgehead atoms. The van der Waals surface area contributed by atoms with Gasteiger partial charge >= 0.3 is 6.18 Å². The predicted octanol–water partition coefficient (Wildman–Crippen LogP) is 3.65. The van der Waals surface area contributed by atoms with Gasteiger partial charge in [-0.05, 0) is 32.0 Å². The van der Waals surface area contributed by atoms with Crippen LogP contribution in [-0.2, 0) is 6.18 Å². The maximum atomic E-state index is 12.8. The summed E-state index contributed by atoms with van der Waals surface area (Å²) in [6, 6.07) is 3.87. The first-order valence-corrected chi connectivity index (χ1v) is 5.71. The summed E-state index contributed by atoms with van der Waals surface area (Å²) in [4.78, 5) is 0. The zero-order valence-electron chi connectivity index (χ0n) is 9.40. The van der Waals surface area contributed by atoms with Gasteiger partial charge in [-0.15, -0.1) is 0 Å². The molecule has 2 N–H and O–H groups in total. The van der Waals surface area contributed by atoms with Crippen LogP contribution in [0.2, 0.25) is 0 Å². The van der Waals surface area contributed by atoms with E-state index >= 15 is 0 Å². The highest BCUT2D eigenvalue weighted by Gasteiger charge is 2.34. The van der Waals surface area contributed by atoms with Crippen molar-refractivity contribution >= 4 is 21.6 Å². The van der Waals surface area contributed by atoms with Crippen LogP contribution in [-0.4, -0.2) is 17.3 Å². The van der Waals surface area contributed by atoms with E-state index in [0.717, 1.165) is 6.07 Å². The zero-order chi connectivity index (χ0) is 13.3. The third-order valence-corrected chi connectivity index (χ3v) is 2.65. The highest BCUT2D eigenvalue weighted by molar-refractivity contribution is 9.10. The number of aliphatic hydroxyl groups is 1. The van der Waals surface area contributed by atoms with E-state index in [-0.39, 0.29) is 12.3 Å². The van der Waals surface area contributed by atoms with Crippen molar-refractivity contribution in [2.24, 2.45) is 0 Å². The molecule has 0 spiro atoms. The summed E-state index contributed by atoms with van der Waals surface area (Å²) in [6.07, 6.45) is -4.43. The molecule has 0 amide bonds. The van der Waals surface area contributed by atoms with E-state index in [1.165, 1.54) is 12.1 Å². The van der Waals surface area contributed by atoms with Crippen molar-refractivity contribution in [3.05, 3.63) is 28.2 Å². The molecule has 0 saturated carbocycles. The minimum absolute atomic E-state index is 0.0419. The van der Waals surface area contributed by atoms with E-state index in [1.54, 1.807) is 13.8 Å². The Labute approximate surface area is 106 Å². The van der Waals surface area contributed by atoms with Crippen molar-refractivity contribution in [3.63, 3.8) is 0 Å². The Kier molecular flexibility index (Phi) is 4.09. The van der Waals surface area contributed by atoms with Crippen molar-refractivity contribution in [2.45, 2.75) is 25.6 Å². The Balaban J connectivity index is 3.16. The number of rotatable bonds is 3. The van der Waals surface area contributed by atoms with Gasteiger partial charge in [0.2, 0.25) is 0 Å². The lowest BCUT2D eigenvalue weighted by Gasteiger charge is -2.27. The highest BCUT2D eigenvalue weighted by Crippen LogP contribution is 2.37. The molecule has 0 atom stereocenters. The van der Waals surface area contributed by atoms with Gasteiger partial charge in [-0.25, -0.2) is 0 Å². The third-order valence-electron chi connectivity index (χ3n) is 2.16. The second-order valence-electron chi connectivity index (χ2n) is 4.35. The summed E-state index contributed by atoms with van der Waals surface area (Å²) in [5.74, 6) is 0. The van der Waals surface area contributed by atoms with Crippen molar-refractivity contribution in [1.82, 2.24) is 0 Å². The molecule has 0 unspecified atom stereocenters. The fourth-order valence-corrected chi connectivity index (χ4v) is 1.63. The van der Waals surface area contributed by atoms with E-state index in [4.69, 9.17) is 5.11 Å². The summed E-state index contributed by atoms with van der Waals surface area (Å²) >= 11 is 3.01. The number of hydrogen-bond acceptors (Lipinski definition) is 2. The molecule has 0 heterocycles. The summed E-state index contributed by atoms with van der Waals surface area (Å²) in [6.45, 7) is 2.98. The monoisotopic (exact) mass is 311 g/mol. The standard InChI is InChI=1S/C11H13BrF3NO/c1-10(2,6-17)16-9-4-3-7(12)5-8(9)11(13,14)15/h3-5,16-17H,6H2,1-2H3. The molecule has 2 nitrogen and oxygen atoms in total. The second kappa shape index (κ2) is 4.86. The minimum Gasteiger partial charge on any atom is -0.394 e. The number of halogens is 4. The van der Waals surface area contributed by atoms with E-state index in [9.17, 15) is 13.2 Å². The Morgan fingerprint density at radius 3 is 2.35 bits per heavy atom. The predicted molar refractivity (Wildman–Crippen MR) is 63.9 cm³/mol. The van der Waals surface area contributed by atoms with Crippen molar-refractivity contribution in [2.75, 3.05) is 11.9 Å². The topological polar surface area (TPSA) is 32.3 Å². The largest absolute Gasteiger partial charge is 0.418 e. The first kappa shape index (κ1) is 14.3. The van der Waals surface area contributed by atoms with Gasteiger partial charge < -0.3 is 10.4 Å². The average Bonchev–Trinajstić information content (AvgIpc) is 2.19. The van der Waals surface area contributed by atoms with E-state index in [2.05, 4.69) is 21.2 Å². The molecule has 0 radical (unpaired) electrons. The lowest BCUT2D eigenvalue weighted by Crippen LogP contribution is -2.35. The summed E-state index contributed by atoms with van der Waals surface area (Å²) in [5.41, 5.74) is -1.61. The SMILES string of the molecule is CC(C)(CO)Nc1ccc(Br)cc1C(F)(F)F. The quantitative estimate of drug-likeness (QED) is 0.893. The normalized spacial score (nSPS) is 12.6. The van der Waals surface area contributed by atoms with Gasteiger partial charge in [-0.1, -0.05) is 15.9 Å². The van der Waals surface area contributed by atoms with Gasteiger partial charge in [0, 0.05) is 10.2 Å². The van der Waals surface area contributed by atoms with E-state index < -0.39 is 17.3 Å². The molecule has 1 aromatic rings. The minimum atomic E-state index is -4.43. The molecule has 0 fully saturated rings. The van der Waals surface area contributed by atoms with Gasteiger partial charge in [0.25, 0.3) is 0 Å². The molecule has 6 heteroatoms. The van der Waals surface area contributed by atoms with E-state index in [0.29, 0.717) is 4.47 Å². The van der Waals surface area contributed by atoms with Crippen LogP contribution < -0.4 is 5.32 Å². The van der Waals surface area contributed by atoms with Crippen LogP contribution in [0.1, 0.15) is 19.4 Å². The Bertz CT molecular complexity index is 404. The van der Waals surface area contributed by atoms with Crippen LogP contribution in [0.5, 0.6) is 0 Å². The number of hydrogen-bond donors (Lipinski definition) is 2. The molecule has 17 heavy (non-hydrogen) atoms. The van der Waals surface area contributed by atoms with Gasteiger partial charge in [-0.3, -0.25) is 0 Å². The third kappa shape index (κ3) is 3.89. The Morgan fingerprint density at radius 1 is 1.29 bits per heavy atom. The smallest absolute Gasteiger partial charge is 0.394 e. The number of aliphatic hydroxyl groups excluding tert-OH is 1. The summed E-state index contributed by atoms with van der Waals surface area (Å²) in [7, 11) is 0. The maximum absolute atomic E-state index is 12.8. The maximum Gasteiger partial charge on any atom is 0.418 e. The Hall–Kier alpha value is -0.750. The van der Waals surface area contributed by atoms with Crippen molar-refractivity contribution in [1.29, 1.82) is 0 Å². The summed E-state index contributed by atoms with van der Waals surface area (Å²) in [5, 5.41) is 11.7. The number of benzene rings is 1. The fourth-order valence-electron chi connectivity index (χ4n) is 1.26. The molecule has 0 aromatic heterocycles.